The molecule has 0 spiro atoms. The second kappa shape index (κ2) is 16.3. The van der Waals surface area contributed by atoms with Crippen LogP contribution in [0.3, 0.4) is 0 Å². The van der Waals surface area contributed by atoms with E-state index >= 15 is 0 Å². The number of rotatable bonds is 13. The van der Waals surface area contributed by atoms with Crippen molar-refractivity contribution in [3.63, 3.8) is 0 Å². The van der Waals surface area contributed by atoms with Gasteiger partial charge in [0.2, 0.25) is 11.8 Å². The van der Waals surface area contributed by atoms with Crippen LogP contribution in [0.5, 0.6) is 17.4 Å². The summed E-state index contributed by atoms with van der Waals surface area (Å²) in [4.78, 5) is 14.6. The molecule has 1 fully saturated rings. The molecule has 3 heterocycles. The number of aromatic nitrogens is 4. The largest absolute Gasteiger partial charge is 0.485 e. The lowest BCUT2D eigenvalue weighted by molar-refractivity contribution is -0.0432. The lowest BCUT2D eigenvalue weighted by Crippen LogP contribution is -2.24. The van der Waals surface area contributed by atoms with Crippen molar-refractivity contribution in [2.75, 3.05) is 11.9 Å². The van der Waals surface area contributed by atoms with Crippen molar-refractivity contribution in [2.45, 2.75) is 44.7 Å². The van der Waals surface area contributed by atoms with Crippen molar-refractivity contribution in [2.24, 2.45) is 0 Å². The average molecular weight is 796 g/mol. The van der Waals surface area contributed by atoms with Crippen LogP contribution in [0.25, 0.3) is 43.5 Å². The third kappa shape index (κ3) is 7.41. The van der Waals surface area contributed by atoms with E-state index in [1.165, 1.54) is 0 Å². The molecule has 11 heteroatoms. The van der Waals surface area contributed by atoms with Gasteiger partial charge in [-0.3, -0.25) is 4.57 Å². The second-order valence-corrected chi connectivity index (χ2v) is 14.9. The molecular formula is C49H41N5O6. The van der Waals surface area contributed by atoms with Gasteiger partial charge in [-0.2, -0.15) is 9.97 Å². The lowest BCUT2D eigenvalue weighted by Gasteiger charge is -2.20. The van der Waals surface area contributed by atoms with Crippen LogP contribution in [-0.2, 0) is 24.6 Å². The van der Waals surface area contributed by atoms with E-state index in [4.69, 9.17) is 28.9 Å². The summed E-state index contributed by atoms with van der Waals surface area (Å²) in [5, 5.41) is 30.1. The number of nitrogens with one attached hydrogen (secondary N) is 1. The quantitative estimate of drug-likeness (QED) is 0.0766. The van der Waals surface area contributed by atoms with E-state index in [0.29, 0.717) is 41.6 Å². The summed E-state index contributed by atoms with van der Waals surface area (Å²) in [5.74, 6) is 1.67. The maximum absolute atomic E-state index is 10.7. The van der Waals surface area contributed by atoms with Gasteiger partial charge in [0.15, 0.2) is 22.7 Å². The monoisotopic (exact) mass is 795 g/mol. The van der Waals surface area contributed by atoms with E-state index in [9.17, 15) is 10.2 Å². The molecule has 0 saturated carbocycles. The van der Waals surface area contributed by atoms with E-state index in [2.05, 4.69) is 46.7 Å². The van der Waals surface area contributed by atoms with Crippen LogP contribution in [0.15, 0.2) is 152 Å². The molecule has 0 amide bonds. The fourth-order valence-electron chi connectivity index (χ4n) is 7.87. The number of imidazole rings is 1. The lowest BCUT2D eigenvalue weighted by atomic mass is 9.96. The molecule has 1 saturated heterocycles. The van der Waals surface area contributed by atoms with Crippen LogP contribution in [-0.4, -0.2) is 48.5 Å². The van der Waals surface area contributed by atoms with Gasteiger partial charge >= 0.3 is 0 Å². The van der Waals surface area contributed by atoms with Crippen LogP contribution >= 0.6 is 0 Å². The molecule has 1 aliphatic rings. The Labute approximate surface area is 345 Å². The first-order valence-electron chi connectivity index (χ1n) is 20.0. The van der Waals surface area contributed by atoms with Crippen LogP contribution in [0.2, 0.25) is 0 Å². The molecule has 0 bridgehead atoms. The zero-order valence-corrected chi connectivity index (χ0v) is 32.5. The van der Waals surface area contributed by atoms with Gasteiger partial charge in [0.05, 0.1) is 24.7 Å². The van der Waals surface area contributed by atoms with Crippen molar-refractivity contribution in [1.29, 1.82) is 0 Å². The van der Waals surface area contributed by atoms with Crippen molar-refractivity contribution in [1.82, 2.24) is 19.5 Å². The second-order valence-electron chi connectivity index (χ2n) is 14.9. The van der Waals surface area contributed by atoms with Gasteiger partial charge in [-0.25, -0.2) is 4.98 Å². The Morgan fingerprint density at radius 1 is 0.667 bits per heavy atom. The molecule has 298 valence electrons. The number of hydrogen-bond acceptors (Lipinski definition) is 10. The SMILES string of the molecule is OC[C@H]1O[C@@H](n2cnc3c(OCc4ccccc4)nc(Nc4cc(OCc5ccccc5)c(OCc5ccccc5)c5ccc6cc7ccccc7cc6c45)nc32)C[C@@H]1O. The fraction of sp³-hybridized carbons (Fsp3) is 0.163. The highest BCUT2D eigenvalue weighted by molar-refractivity contribution is 6.19. The Bertz CT molecular complexity index is 2950. The van der Waals surface area contributed by atoms with Gasteiger partial charge in [-0.15, -0.1) is 0 Å². The van der Waals surface area contributed by atoms with E-state index in [1.54, 1.807) is 10.9 Å². The summed E-state index contributed by atoms with van der Waals surface area (Å²) >= 11 is 0. The molecule has 0 radical (unpaired) electrons. The Balaban J connectivity index is 1.15. The Hall–Kier alpha value is -7.05. The molecule has 0 aliphatic carbocycles. The summed E-state index contributed by atoms with van der Waals surface area (Å²) < 4.78 is 27.6. The maximum atomic E-state index is 10.7. The van der Waals surface area contributed by atoms with Crippen molar-refractivity contribution < 1.29 is 29.2 Å². The van der Waals surface area contributed by atoms with Crippen LogP contribution < -0.4 is 19.5 Å². The van der Waals surface area contributed by atoms with Gasteiger partial charge in [0.25, 0.3) is 0 Å². The molecule has 2 aromatic heterocycles. The highest BCUT2D eigenvalue weighted by Crippen LogP contribution is 2.46. The molecule has 60 heavy (non-hydrogen) atoms. The van der Waals surface area contributed by atoms with E-state index in [0.717, 1.165) is 49.0 Å². The standard InChI is InChI=1S/C49H41N5O6/c55-26-42-40(56)25-43(60-42)54-30-50-45-47(54)52-49(53-48(45)59-29-33-16-8-3-9-17-33)51-39-24-41(57-27-31-12-4-1-5-13-31)46(58-28-32-14-6-2-7-15-32)37-21-20-36-22-34-18-10-11-19-35(34)23-38(36)44(37)39/h1-24,30,40,42-43,55-56H,25-29H2,(H,51,52,53)/t40-,42+,43+/m0/s1. The number of aliphatic hydroxyl groups excluding tert-OH is 2. The number of aliphatic hydroxyl groups is 2. The molecule has 11 nitrogen and oxygen atoms in total. The molecule has 0 unspecified atom stereocenters. The van der Waals surface area contributed by atoms with Crippen LogP contribution in [0.4, 0.5) is 11.6 Å². The number of fused-ring (bicyclic) bond motifs is 5. The number of anilines is 2. The van der Waals surface area contributed by atoms with E-state index < -0.39 is 18.4 Å². The summed E-state index contributed by atoms with van der Waals surface area (Å²) in [6.07, 6.45) is -0.339. The molecule has 3 atom stereocenters. The van der Waals surface area contributed by atoms with E-state index in [-0.39, 0.29) is 31.5 Å². The summed E-state index contributed by atoms with van der Waals surface area (Å²) in [6, 6.07) is 48.8. The molecule has 9 aromatic rings. The molecule has 10 rings (SSSR count). The first kappa shape index (κ1) is 37.2. The minimum atomic E-state index is -0.849. The number of nitrogens with zero attached hydrogens (tertiary/aromatic N) is 4. The minimum absolute atomic E-state index is 0.246. The molecule has 7 aromatic carbocycles. The van der Waals surface area contributed by atoms with Gasteiger partial charge in [0, 0.05) is 23.3 Å². The highest BCUT2D eigenvalue weighted by atomic mass is 16.5. The number of benzene rings is 7. The normalized spacial score (nSPS) is 16.5. The molecule has 1 aliphatic heterocycles. The van der Waals surface area contributed by atoms with Gasteiger partial charge in [-0.05, 0) is 56.4 Å². The Morgan fingerprint density at radius 2 is 1.30 bits per heavy atom. The van der Waals surface area contributed by atoms with Gasteiger partial charge < -0.3 is 34.5 Å². The molecule has 3 N–H and O–H groups in total. The molecular weight excluding hydrogens is 755 g/mol. The van der Waals surface area contributed by atoms with Crippen molar-refractivity contribution in [3.05, 3.63) is 169 Å². The van der Waals surface area contributed by atoms with Gasteiger partial charge in [-0.1, -0.05) is 121 Å². The predicted molar refractivity (Wildman–Crippen MR) is 232 cm³/mol. The van der Waals surface area contributed by atoms with Crippen LogP contribution in [0.1, 0.15) is 29.3 Å². The van der Waals surface area contributed by atoms with E-state index in [1.807, 2.05) is 109 Å². The first-order valence-corrected chi connectivity index (χ1v) is 20.0. The number of hydrogen-bond donors (Lipinski definition) is 3. The predicted octanol–water partition coefficient (Wildman–Crippen LogP) is 9.41. The van der Waals surface area contributed by atoms with Crippen molar-refractivity contribution >= 4 is 55.1 Å². The minimum Gasteiger partial charge on any atom is -0.485 e. The third-order valence-corrected chi connectivity index (χ3v) is 10.9. The zero-order chi connectivity index (χ0) is 40.4. The summed E-state index contributed by atoms with van der Waals surface area (Å²) in [5.41, 5.74) is 4.56. The first-order chi connectivity index (χ1) is 29.6. The number of ether oxygens (including phenoxy) is 4. The fourth-order valence-corrected chi connectivity index (χ4v) is 7.87. The van der Waals surface area contributed by atoms with Crippen molar-refractivity contribution in [3.8, 4) is 17.4 Å². The maximum Gasteiger partial charge on any atom is 0.247 e. The highest BCUT2D eigenvalue weighted by Gasteiger charge is 2.36. The topological polar surface area (TPSA) is 133 Å². The summed E-state index contributed by atoms with van der Waals surface area (Å²) in [6.45, 7) is 0.581. The summed E-state index contributed by atoms with van der Waals surface area (Å²) in [7, 11) is 0. The zero-order valence-electron chi connectivity index (χ0n) is 32.5. The smallest absolute Gasteiger partial charge is 0.247 e. The Morgan fingerprint density at radius 3 is 1.97 bits per heavy atom. The third-order valence-electron chi connectivity index (χ3n) is 10.9. The average Bonchev–Trinajstić information content (AvgIpc) is 3.90. The van der Waals surface area contributed by atoms with Crippen LogP contribution in [0, 0.1) is 0 Å². The van der Waals surface area contributed by atoms with Gasteiger partial charge in [0.1, 0.15) is 32.2 Å². The Kier molecular flexibility index (Phi) is 10.1.